The van der Waals surface area contributed by atoms with Crippen LogP contribution in [0.1, 0.15) is 23.7 Å². The van der Waals surface area contributed by atoms with Gasteiger partial charge >= 0.3 is 0 Å². The first kappa shape index (κ1) is 19.3. The number of aromatic nitrogens is 1. The molecule has 27 heavy (non-hydrogen) atoms. The molecule has 0 fully saturated rings. The molecule has 0 aliphatic carbocycles. The van der Waals surface area contributed by atoms with E-state index >= 15 is 0 Å². The predicted molar refractivity (Wildman–Crippen MR) is 111 cm³/mol. The fraction of sp³-hybridized carbons (Fsp3) is 0.143. The van der Waals surface area contributed by atoms with Crippen molar-refractivity contribution in [1.29, 1.82) is 0 Å². The number of rotatable bonds is 6. The summed E-state index contributed by atoms with van der Waals surface area (Å²) in [6, 6.07) is 17.7. The number of anilines is 1. The molecule has 1 aromatic heterocycles. The number of halogens is 1. The van der Waals surface area contributed by atoms with Gasteiger partial charge in [-0.2, -0.15) is 0 Å². The molecule has 6 heteroatoms. The van der Waals surface area contributed by atoms with Crippen molar-refractivity contribution in [2.24, 2.45) is 0 Å². The van der Waals surface area contributed by atoms with Crippen LogP contribution < -0.4 is 5.32 Å². The van der Waals surface area contributed by atoms with E-state index in [1.807, 2.05) is 25.1 Å². The Labute approximate surface area is 166 Å². The molecule has 1 N–H and O–H groups in total. The van der Waals surface area contributed by atoms with Crippen molar-refractivity contribution in [3.05, 3.63) is 77.4 Å². The average Bonchev–Trinajstić information content (AvgIpc) is 2.70. The lowest BCUT2D eigenvalue weighted by atomic mass is 10.1. The summed E-state index contributed by atoms with van der Waals surface area (Å²) in [5.41, 5.74) is 2.62. The van der Waals surface area contributed by atoms with E-state index in [1.165, 1.54) is 0 Å². The van der Waals surface area contributed by atoms with Gasteiger partial charge in [-0.1, -0.05) is 24.6 Å². The average molecular weight is 399 g/mol. The number of amides is 1. The summed E-state index contributed by atoms with van der Waals surface area (Å²) in [4.78, 5) is 17.6. The predicted octanol–water partition coefficient (Wildman–Crippen LogP) is 5.17. The van der Waals surface area contributed by atoms with Crippen molar-refractivity contribution >= 4 is 34.0 Å². The maximum absolute atomic E-state index is 12.5. The maximum Gasteiger partial charge on any atom is 0.255 e. The Kier molecular flexibility index (Phi) is 6.37. The summed E-state index contributed by atoms with van der Waals surface area (Å²) < 4.78 is 12.0. The molecular formula is C21H19ClN2O2S. The van der Waals surface area contributed by atoms with Crippen LogP contribution in [0.5, 0.6) is 0 Å². The lowest BCUT2D eigenvalue weighted by molar-refractivity contribution is 0.102. The molecule has 138 valence electrons. The Morgan fingerprint density at radius 2 is 1.89 bits per heavy atom. The largest absolute Gasteiger partial charge is 0.322 e. The van der Waals surface area contributed by atoms with Gasteiger partial charge in [-0.05, 0) is 61.0 Å². The third-order valence-corrected chi connectivity index (χ3v) is 5.84. The minimum atomic E-state index is -1.02. The zero-order valence-electron chi connectivity index (χ0n) is 14.8. The normalized spacial score (nSPS) is 11.8. The molecule has 1 heterocycles. The first-order valence-corrected chi connectivity index (χ1v) is 10.3. The van der Waals surface area contributed by atoms with Crippen molar-refractivity contribution < 1.29 is 9.00 Å². The number of nitrogens with zero attached hydrogens (tertiary/aromatic N) is 1. The van der Waals surface area contributed by atoms with E-state index in [0.29, 0.717) is 22.0 Å². The second kappa shape index (κ2) is 8.93. The van der Waals surface area contributed by atoms with E-state index < -0.39 is 10.8 Å². The summed E-state index contributed by atoms with van der Waals surface area (Å²) in [5.74, 6) is 0.379. The first-order chi connectivity index (χ1) is 13.1. The van der Waals surface area contributed by atoms with E-state index in [9.17, 15) is 9.00 Å². The molecule has 0 spiro atoms. The number of hydrogen-bond donors (Lipinski definition) is 1. The lowest BCUT2D eigenvalue weighted by Gasteiger charge is -2.09. The van der Waals surface area contributed by atoms with Gasteiger partial charge < -0.3 is 5.32 Å². The number of hydrogen-bond acceptors (Lipinski definition) is 3. The first-order valence-electron chi connectivity index (χ1n) is 8.59. The number of nitrogens with one attached hydrogen (secondary N) is 1. The Hall–Kier alpha value is -2.50. The van der Waals surface area contributed by atoms with E-state index in [4.69, 9.17) is 11.6 Å². The molecule has 2 aromatic carbocycles. The van der Waals surface area contributed by atoms with Crippen molar-refractivity contribution in [1.82, 2.24) is 4.98 Å². The van der Waals surface area contributed by atoms with Crippen LogP contribution in [0.2, 0.25) is 5.02 Å². The summed E-state index contributed by atoms with van der Waals surface area (Å²) in [7, 11) is -1.02. The van der Waals surface area contributed by atoms with Gasteiger partial charge in [0.15, 0.2) is 0 Å². The third-order valence-electron chi connectivity index (χ3n) is 3.93. The molecule has 0 saturated heterocycles. The van der Waals surface area contributed by atoms with Crippen molar-refractivity contribution in [3.8, 4) is 11.3 Å². The van der Waals surface area contributed by atoms with E-state index in [0.717, 1.165) is 22.6 Å². The fourth-order valence-electron chi connectivity index (χ4n) is 2.59. The maximum atomic E-state index is 12.5. The van der Waals surface area contributed by atoms with E-state index in [1.54, 1.807) is 48.7 Å². The quantitative estimate of drug-likeness (QED) is 0.623. The van der Waals surface area contributed by atoms with Gasteiger partial charge in [-0.25, -0.2) is 0 Å². The number of carbonyl (C=O) groups excluding carboxylic acids is 1. The molecule has 0 aliphatic rings. The summed E-state index contributed by atoms with van der Waals surface area (Å²) in [6.07, 6.45) is 2.55. The lowest BCUT2D eigenvalue weighted by Crippen LogP contribution is -2.12. The molecule has 4 nitrogen and oxygen atoms in total. The Balaban J connectivity index is 1.77. The highest BCUT2D eigenvalue weighted by Gasteiger charge is 2.11. The smallest absolute Gasteiger partial charge is 0.255 e. The van der Waals surface area contributed by atoms with Crippen molar-refractivity contribution in [2.75, 3.05) is 11.1 Å². The monoisotopic (exact) mass is 398 g/mol. The Bertz CT molecular complexity index is 960. The molecule has 1 unspecified atom stereocenters. The SMILES string of the molecule is CCCS(=O)c1ccc(C(=O)Nc2ccc(Cl)c(-c3ccccn3)c2)cc1. The molecule has 0 saturated carbocycles. The highest BCUT2D eigenvalue weighted by molar-refractivity contribution is 7.85. The highest BCUT2D eigenvalue weighted by atomic mass is 35.5. The van der Waals surface area contributed by atoms with Crippen molar-refractivity contribution in [2.45, 2.75) is 18.2 Å². The Morgan fingerprint density at radius 1 is 1.11 bits per heavy atom. The van der Waals surface area contributed by atoms with Crippen LogP contribution >= 0.6 is 11.6 Å². The van der Waals surface area contributed by atoms with E-state index in [2.05, 4.69) is 10.3 Å². The molecule has 1 atom stereocenters. The van der Waals surface area contributed by atoms with Crippen LogP contribution in [0.4, 0.5) is 5.69 Å². The third kappa shape index (κ3) is 4.81. The van der Waals surface area contributed by atoms with E-state index in [-0.39, 0.29) is 5.91 Å². The number of pyridine rings is 1. The minimum absolute atomic E-state index is 0.239. The van der Waals surface area contributed by atoms with Crippen LogP contribution in [0.15, 0.2) is 71.8 Å². The summed E-state index contributed by atoms with van der Waals surface area (Å²) in [5, 5.41) is 3.43. The van der Waals surface area contributed by atoms with Crippen LogP contribution in [-0.4, -0.2) is 20.9 Å². The van der Waals surface area contributed by atoms with Gasteiger partial charge in [-0.3, -0.25) is 14.0 Å². The molecule has 3 aromatic rings. The second-order valence-electron chi connectivity index (χ2n) is 5.94. The number of carbonyl (C=O) groups is 1. The van der Waals surface area contributed by atoms with Gasteiger partial charge in [-0.15, -0.1) is 0 Å². The van der Waals surface area contributed by atoms with Crippen LogP contribution in [0.3, 0.4) is 0 Å². The van der Waals surface area contributed by atoms with Gasteiger partial charge in [0.05, 0.1) is 21.5 Å². The molecule has 1 amide bonds. The molecule has 3 rings (SSSR count). The van der Waals surface area contributed by atoms with Crippen LogP contribution in [0.25, 0.3) is 11.3 Å². The van der Waals surface area contributed by atoms with Gasteiger partial charge in [0, 0.05) is 33.7 Å². The van der Waals surface area contributed by atoms with Crippen LogP contribution in [-0.2, 0) is 10.8 Å². The number of benzene rings is 2. The molecule has 0 aliphatic heterocycles. The van der Waals surface area contributed by atoms with Gasteiger partial charge in [0.25, 0.3) is 5.91 Å². The topological polar surface area (TPSA) is 59.1 Å². The molecule has 0 radical (unpaired) electrons. The standard InChI is InChI=1S/C21H19ClN2O2S/c1-2-13-27(26)17-9-6-15(7-10-17)21(25)24-16-8-11-19(22)18(14-16)20-5-3-4-12-23-20/h3-12,14H,2,13H2,1H3,(H,24,25). The van der Waals surface area contributed by atoms with Crippen LogP contribution in [0, 0.1) is 0 Å². The van der Waals surface area contributed by atoms with Gasteiger partial charge in [0.1, 0.15) is 0 Å². The van der Waals surface area contributed by atoms with Crippen molar-refractivity contribution in [3.63, 3.8) is 0 Å². The minimum Gasteiger partial charge on any atom is -0.322 e. The molecule has 0 bridgehead atoms. The highest BCUT2D eigenvalue weighted by Crippen LogP contribution is 2.29. The second-order valence-corrected chi connectivity index (χ2v) is 7.92. The summed E-state index contributed by atoms with van der Waals surface area (Å²) in [6.45, 7) is 1.99. The van der Waals surface area contributed by atoms with Gasteiger partial charge in [0.2, 0.25) is 0 Å². The fourth-order valence-corrected chi connectivity index (χ4v) is 3.85. The zero-order chi connectivity index (χ0) is 19.2. The summed E-state index contributed by atoms with van der Waals surface area (Å²) >= 11 is 6.28. The zero-order valence-corrected chi connectivity index (χ0v) is 16.4. The Morgan fingerprint density at radius 3 is 2.56 bits per heavy atom. The molecular weight excluding hydrogens is 380 g/mol.